The molecule has 2 aromatic carbocycles. The van der Waals surface area contributed by atoms with E-state index in [0.717, 1.165) is 35.4 Å². The lowest BCUT2D eigenvalue weighted by Crippen LogP contribution is -2.40. The molecule has 0 bridgehead atoms. The smallest absolute Gasteiger partial charge is 0.346 e. The molecule has 0 radical (unpaired) electrons. The first kappa shape index (κ1) is 26.1. The van der Waals surface area contributed by atoms with Gasteiger partial charge in [-0.15, -0.1) is 11.3 Å². The van der Waals surface area contributed by atoms with Gasteiger partial charge >= 0.3 is 6.18 Å². The van der Waals surface area contributed by atoms with Crippen molar-refractivity contribution in [2.24, 2.45) is 0 Å². The van der Waals surface area contributed by atoms with Crippen LogP contribution in [0.1, 0.15) is 60.8 Å². The molecule has 0 spiro atoms. The van der Waals surface area contributed by atoms with Crippen LogP contribution in [0, 0.1) is 5.82 Å². The summed E-state index contributed by atoms with van der Waals surface area (Å²) in [5.74, 6) is -0.969. The number of anilines is 1. The third-order valence-electron chi connectivity index (χ3n) is 6.60. The molecule has 0 amide bonds. The second kappa shape index (κ2) is 9.66. The van der Waals surface area contributed by atoms with Gasteiger partial charge in [-0.05, 0) is 52.9 Å². The molecule has 3 nitrogen and oxygen atoms in total. The Morgan fingerprint density at radius 3 is 2.21 bits per heavy atom. The maximum atomic E-state index is 14.9. The number of nitrogens with zero attached hydrogens (tertiary/aromatic N) is 2. The van der Waals surface area contributed by atoms with Crippen LogP contribution in [0.5, 0.6) is 0 Å². The van der Waals surface area contributed by atoms with Crippen LogP contribution in [0.4, 0.5) is 22.7 Å². The van der Waals surface area contributed by atoms with E-state index in [1.165, 1.54) is 16.9 Å². The molecule has 4 aromatic rings. The summed E-state index contributed by atoms with van der Waals surface area (Å²) in [4.78, 5) is 9.49. The highest BCUT2D eigenvalue weighted by Gasteiger charge is 2.40. The summed E-state index contributed by atoms with van der Waals surface area (Å²) >= 11 is 1.36. The van der Waals surface area contributed by atoms with Crippen molar-refractivity contribution in [1.29, 1.82) is 0 Å². The molecule has 196 valence electrons. The van der Waals surface area contributed by atoms with Crippen molar-refractivity contribution < 1.29 is 17.6 Å². The summed E-state index contributed by atoms with van der Waals surface area (Å²) in [5, 5.41) is 5.87. The summed E-state index contributed by atoms with van der Waals surface area (Å²) in [7, 11) is 0. The molecular formula is C30H27F4N3S. The Morgan fingerprint density at radius 2 is 1.63 bits per heavy atom. The van der Waals surface area contributed by atoms with E-state index in [0.29, 0.717) is 16.9 Å². The molecule has 0 aliphatic heterocycles. The van der Waals surface area contributed by atoms with Gasteiger partial charge in [-0.1, -0.05) is 63.2 Å². The van der Waals surface area contributed by atoms with Crippen molar-refractivity contribution in [1.82, 2.24) is 9.97 Å². The van der Waals surface area contributed by atoms with Gasteiger partial charge in [0.05, 0.1) is 17.0 Å². The van der Waals surface area contributed by atoms with E-state index in [1.807, 2.05) is 62.5 Å². The second-order valence-corrected chi connectivity index (χ2v) is 11.4. The van der Waals surface area contributed by atoms with Crippen LogP contribution in [-0.4, -0.2) is 9.97 Å². The van der Waals surface area contributed by atoms with Crippen LogP contribution < -0.4 is 5.32 Å². The number of aromatic nitrogens is 2. The molecule has 2 heterocycles. The largest absolute Gasteiger partial charge is 0.416 e. The van der Waals surface area contributed by atoms with Crippen LogP contribution in [0.2, 0.25) is 0 Å². The Hall–Kier alpha value is -3.52. The first-order valence-electron chi connectivity index (χ1n) is 12.3. The van der Waals surface area contributed by atoms with E-state index in [-0.39, 0.29) is 17.4 Å². The van der Waals surface area contributed by atoms with Gasteiger partial charge in [0.25, 0.3) is 0 Å². The lowest BCUT2D eigenvalue weighted by atomic mass is 9.79. The van der Waals surface area contributed by atoms with Gasteiger partial charge in [-0.25, -0.2) is 9.37 Å². The molecule has 0 saturated carbocycles. The van der Waals surface area contributed by atoms with Crippen LogP contribution in [0.25, 0.3) is 5.57 Å². The number of rotatable bonds is 7. The Labute approximate surface area is 223 Å². The van der Waals surface area contributed by atoms with Crippen molar-refractivity contribution in [3.63, 3.8) is 0 Å². The molecule has 1 N–H and O–H groups in total. The average molecular weight is 538 g/mol. The summed E-state index contributed by atoms with van der Waals surface area (Å²) in [6, 6.07) is 15.8. The number of benzene rings is 2. The minimum absolute atomic E-state index is 0.118. The fraction of sp³-hybridized carbons (Fsp3) is 0.267. The van der Waals surface area contributed by atoms with E-state index in [4.69, 9.17) is 9.97 Å². The van der Waals surface area contributed by atoms with Gasteiger partial charge in [0.2, 0.25) is 0 Å². The Balaban J connectivity index is 1.74. The van der Waals surface area contributed by atoms with E-state index >= 15 is 0 Å². The van der Waals surface area contributed by atoms with Crippen molar-refractivity contribution in [2.75, 3.05) is 5.32 Å². The third kappa shape index (κ3) is 5.50. The molecule has 1 aliphatic rings. The van der Waals surface area contributed by atoms with Crippen molar-refractivity contribution >= 4 is 22.0 Å². The predicted molar refractivity (Wildman–Crippen MR) is 144 cm³/mol. The molecular weight excluding hydrogens is 510 g/mol. The molecule has 8 heteroatoms. The van der Waals surface area contributed by atoms with E-state index < -0.39 is 23.1 Å². The van der Waals surface area contributed by atoms with E-state index in [9.17, 15) is 17.6 Å². The normalized spacial score (nSPS) is 15.1. The van der Waals surface area contributed by atoms with Crippen LogP contribution >= 0.6 is 11.3 Å². The zero-order valence-electron chi connectivity index (χ0n) is 21.2. The highest BCUT2D eigenvalue weighted by Crippen LogP contribution is 2.41. The van der Waals surface area contributed by atoms with Crippen LogP contribution in [0.15, 0.2) is 78.3 Å². The minimum Gasteiger partial charge on any atom is -0.346 e. The molecule has 1 aliphatic carbocycles. The second-order valence-electron chi connectivity index (χ2n) is 10.6. The standard InChI is InChI=1S/C30H27F4N3S/c1-28(2,3)26-18-38-27(36-26)37-29(16-19-7-5-4-6-8-19,25-12-11-21(17-35-25)20-9-10-20)22-13-23(30(32,33)34)15-24(31)14-22/h4-9,11-15,17-18H,10,16H2,1-3H3,(H,36,37). The fourth-order valence-electron chi connectivity index (χ4n) is 4.40. The fourth-order valence-corrected chi connectivity index (χ4v) is 5.42. The maximum absolute atomic E-state index is 14.9. The van der Waals surface area contributed by atoms with Crippen LogP contribution in [-0.2, 0) is 23.6 Å². The molecule has 1 atom stereocenters. The summed E-state index contributed by atoms with van der Waals surface area (Å²) in [5.41, 5.74) is 1.79. The Kier molecular flexibility index (Phi) is 6.63. The molecule has 2 aromatic heterocycles. The van der Waals surface area contributed by atoms with Crippen molar-refractivity contribution in [3.8, 4) is 0 Å². The molecule has 5 rings (SSSR count). The monoisotopic (exact) mass is 537 g/mol. The SMILES string of the molecule is CC(C)(C)c1csc(NC(Cc2ccccc2)(c2cc(F)cc(C(F)(F)F)c2)c2ccc(C3=CC3)cn2)n1. The summed E-state index contributed by atoms with van der Waals surface area (Å²) in [6.45, 7) is 6.12. The van der Waals surface area contributed by atoms with E-state index in [2.05, 4.69) is 11.4 Å². The number of hydrogen-bond acceptors (Lipinski definition) is 4. The van der Waals surface area contributed by atoms with Gasteiger partial charge in [0, 0.05) is 23.4 Å². The lowest BCUT2D eigenvalue weighted by Gasteiger charge is -2.36. The summed E-state index contributed by atoms with van der Waals surface area (Å²) in [6.07, 6.45) is 0.196. The topological polar surface area (TPSA) is 37.8 Å². The van der Waals surface area contributed by atoms with Gasteiger partial charge in [0.1, 0.15) is 11.4 Å². The zero-order valence-corrected chi connectivity index (χ0v) is 22.1. The number of pyridine rings is 1. The number of nitrogens with one attached hydrogen (secondary N) is 1. The minimum atomic E-state index is -4.72. The number of hydrogen-bond donors (Lipinski definition) is 1. The van der Waals surface area contributed by atoms with E-state index in [1.54, 1.807) is 12.3 Å². The average Bonchev–Trinajstić information content (AvgIpc) is 3.60. The highest BCUT2D eigenvalue weighted by atomic mass is 32.1. The molecule has 1 unspecified atom stereocenters. The quantitative estimate of drug-likeness (QED) is 0.241. The lowest BCUT2D eigenvalue weighted by molar-refractivity contribution is -0.137. The highest BCUT2D eigenvalue weighted by molar-refractivity contribution is 7.13. The molecule has 38 heavy (non-hydrogen) atoms. The maximum Gasteiger partial charge on any atom is 0.416 e. The van der Waals surface area contributed by atoms with Gasteiger partial charge < -0.3 is 5.32 Å². The van der Waals surface area contributed by atoms with Crippen molar-refractivity contribution in [2.45, 2.75) is 50.7 Å². The van der Waals surface area contributed by atoms with Crippen molar-refractivity contribution in [3.05, 3.63) is 118 Å². The third-order valence-corrected chi connectivity index (χ3v) is 7.36. The Bertz CT molecular complexity index is 1470. The number of thiazole rings is 1. The predicted octanol–water partition coefficient (Wildman–Crippen LogP) is 8.38. The Morgan fingerprint density at radius 1 is 0.921 bits per heavy atom. The molecule has 0 fully saturated rings. The first-order chi connectivity index (χ1) is 17.9. The zero-order chi connectivity index (χ0) is 27.1. The summed E-state index contributed by atoms with van der Waals surface area (Å²) < 4.78 is 56.4. The number of alkyl halides is 3. The number of allylic oxidation sites excluding steroid dienone is 2. The van der Waals surface area contributed by atoms with Gasteiger partial charge in [-0.3, -0.25) is 4.98 Å². The van der Waals surface area contributed by atoms with Crippen LogP contribution in [0.3, 0.4) is 0 Å². The van der Waals surface area contributed by atoms with Gasteiger partial charge in [-0.2, -0.15) is 13.2 Å². The number of halogens is 4. The molecule has 0 saturated heterocycles. The van der Waals surface area contributed by atoms with Gasteiger partial charge in [0.15, 0.2) is 5.13 Å². The first-order valence-corrected chi connectivity index (χ1v) is 13.1.